The fraction of sp³-hybridized carbons (Fsp3) is 0.538. The quantitative estimate of drug-likeness (QED) is 0.502. The Bertz CT molecular complexity index is 371. The van der Waals surface area contributed by atoms with Crippen molar-refractivity contribution in [3.8, 4) is 0 Å². The van der Waals surface area contributed by atoms with Crippen molar-refractivity contribution in [2.24, 2.45) is 0 Å². The molecule has 1 aliphatic heterocycles. The number of carbonyl (C=O) groups is 2. The summed E-state index contributed by atoms with van der Waals surface area (Å²) in [5.41, 5.74) is 0.547. The second-order valence-electron chi connectivity index (χ2n) is 4.00. The minimum atomic E-state index is -0.488. The maximum atomic E-state index is 11.6. The van der Waals surface area contributed by atoms with Crippen LogP contribution in [-0.4, -0.2) is 31.6 Å². The first kappa shape index (κ1) is 14.9. The van der Waals surface area contributed by atoms with Crippen LogP contribution in [-0.2, 0) is 19.1 Å². The average molecular weight is 273 g/mol. The summed E-state index contributed by atoms with van der Waals surface area (Å²) in [6, 6.07) is 0. The highest BCUT2D eigenvalue weighted by Crippen LogP contribution is 2.08. The Morgan fingerprint density at radius 1 is 1.22 bits per heavy atom. The number of cyclic esters (lactones) is 1. The van der Waals surface area contributed by atoms with Crippen molar-refractivity contribution >= 4 is 23.4 Å². The maximum absolute atomic E-state index is 11.6. The van der Waals surface area contributed by atoms with Gasteiger partial charge in [0.05, 0.1) is 19.8 Å². The molecule has 0 bridgehead atoms. The zero-order valence-corrected chi connectivity index (χ0v) is 11.2. The summed E-state index contributed by atoms with van der Waals surface area (Å²) < 4.78 is 10.2. The van der Waals surface area contributed by atoms with Gasteiger partial charge in [-0.25, -0.2) is 0 Å². The van der Waals surface area contributed by atoms with Crippen LogP contribution in [0.15, 0.2) is 22.8 Å². The van der Waals surface area contributed by atoms with Crippen molar-refractivity contribution in [3.63, 3.8) is 0 Å². The SMILES string of the molecule is C/C1=C\C/C=C(/Cl)COCCCOC(=O)CC1=O. The Hall–Kier alpha value is -1.13. The molecule has 5 heteroatoms. The van der Waals surface area contributed by atoms with Crippen LogP contribution in [0.25, 0.3) is 0 Å². The second kappa shape index (κ2) is 8.06. The standard InChI is InChI=1S/C13H17ClO4/c1-10-4-2-5-11(14)9-17-6-3-7-18-13(16)8-12(10)15/h4-5H,2-3,6-9H2,1H3/b10-4+,11-5+. The summed E-state index contributed by atoms with van der Waals surface area (Å²) in [6.07, 6.45) is 4.47. The molecular formula is C13H17ClO4. The average Bonchev–Trinajstić information content (AvgIpc) is 2.32. The number of carbonyl (C=O) groups excluding carboxylic acids is 2. The van der Waals surface area contributed by atoms with E-state index < -0.39 is 5.97 Å². The second-order valence-corrected chi connectivity index (χ2v) is 4.49. The molecule has 0 radical (unpaired) electrons. The summed E-state index contributed by atoms with van der Waals surface area (Å²) in [4.78, 5) is 22.9. The van der Waals surface area contributed by atoms with Gasteiger partial charge in [-0.05, 0) is 18.9 Å². The minimum absolute atomic E-state index is 0.208. The molecule has 1 rings (SSSR count). The van der Waals surface area contributed by atoms with Crippen molar-refractivity contribution in [1.82, 2.24) is 0 Å². The molecule has 1 heterocycles. The van der Waals surface area contributed by atoms with E-state index in [4.69, 9.17) is 21.1 Å². The number of hydrogen-bond acceptors (Lipinski definition) is 4. The van der Waals surface area contributed by atoms with Gasteiger partial charge >= 0.3 is 5.97 Å². The molecule has 0 saturated carbocycles. The number of Topliss-reactive ketones (excluding diaryl/α,β-unsaturated/α-hetero) is 1. The Labute approximate surface area is 112 Å². The largest absolute Gasteiger partial charge is 0.465 e. The lowest BCUT2D eigenvalue weighted by Crippen LogP contribution is -2.14. The first-order valence-electron chi connectivity index (χ1n) is 5.87. The lowest BCUT2D eigenvalue weighted by molar-refractivity contribution is -0.145. The minimum Gasteiger partial charge on any atom is -0.465 e. The van der Waals surface area contributed by atoms with Gasteiger partial charge in [0.15, 0.2) is 5.78 Å². The van der Waals surface area contributed by atoms with Crippen LogP contribution in [0.1, 0.15) is 26.2 Å². The van der Waals surface area contributed by atoms with Crippen molar-refractivity contribution in [3.05, 3.63) is 22.8 Å². The summed E-state index contributed by atoms with van der Waals surface area (Å²) >= 11 is 5.93. The first-order chi connectivity index (χ1) is 8.59. The fourth-order valence-corrected chi connectivity index (χ4v) is 1.54. The number of halogens is 1. The molecular weight excluding hydrogens is 256 g/mol. The molecule has 0 amide bonds. The lowest BCUT2D eigenvalue weighted by Gasteiger charge is -2.07. The molecule has 0 atom stereocenters. The van der Waals surface area contributed by atoms with E-state index in [1.165, 1.54) is 0 Å². The molecule has 18 heavy (non-hydrogen) atoms. The summed E-state index contributed by atoms with van der Waals surface area (Å²) in [6.45, 7) is 2.76. The third-order valence-corrected chi connectivity index (χ3v) is 2.71. The van der Waals surface area contributed by atoms with Crippen LogP contribution in [0.4, 0.5) is 0 Å². The number of esters is 1. The summed E-state index contributed by atoms with van der Waals surface area (Å²) in [7, 11) is 0. The topological polar surface area (TPSA) is 52.6 Å². The van der Waals surface area contributed by atoms with Gasteiger partial charge in [-0.1, -0.05) is 23.8 Å². The lowest BCUT2D eigenvalue weighted by atomic mass is 10.1. The molecule has 100 valence electrons. The predicted octanol–water partition coefficient (Wildman–Crippen LogP) is 2.37. The molecule has 0 unspecified atom stereocenters. The maximum Gasteiger partial charge on any atom is 0.313 e. The van der Waals surface area contributed by atoms with E-state index in [0.29, 0.717) is 36.7 Å². The summed E-state index contributed by atoms with van der Waals surface area (Å²) in [5.74, 6) is -0.698. The van der Waals surface area contributed by atoms with Gasteiger partial charge in [0.2, 0.25) is 0 Å². The van der Waals surface area contributed by atoms with Gasteiger partial charge in [-0.3, -0.25) is 9.59 Å². The van der Waals surface area contributed by atoms with Crippen LogP contribution in [0.3, 0.4) is 0 Å². The molecule has 0 N–H and O–H groups in total. The van der Waals surface area contributed by atoms with E-state index in [-0.39, 0.29) is 18.8 Å². The fourth-order valence-electron chi connectivity index (χ4n) is 1.37. The highest BCUT2D eigenvalue weighted by Gasteiger charge is 2.12. The van der Waals surface area contributed by atoms with Crippen molar-refractivity contribution < 1.29 is 19.1 Å². The molecule has 0 aromatic carbocycles. The summed E-state index contributed by atoms with van der Waals surface area (Å²) in [5, 5.41) is 0.612. The molecule has 1 aliphatic rings. The van der Waals surface area contributed by atoms with E-state index in [9.17, 15) is 9.59 Å². The zero-order chi connectivity index (χ0) is 13.4. The molecule has 0 aromatic heterocycles. The van der Waals surface area contributed by atoms with Crippen LogP contribution < -0.4 is 0 Å². The van der Waals surface area contributed by atoms with Crippen LogP contribution >= 0.6 is 11.6 Å². The van der Waals surface area contributed by atoms with E-state index in [1.54, 1.807) is 19.1 Å². The smallest absolute Gasteiger partial charge is 0.313 e. The van der Waals surface area contributed by atoms with Crippen LogP contribution in [0.5, 0.6) is 0 Å². The Balaban J connectivity index is 2.66. The first-order valence-corrected chi connectivity index (χ1v) is 6.25. The van der Waals surface area contributed by atoms with E-state index >= 15 is 0 Å². The Morgan fingerprint density at radius 2 is 2.00 bits per heavy atom. The number of hydrogen-bond donors (Lipinski definition) is 0. The highest BCUT2D eigenvalue weighted by molar-refractivity contribution is 6.29. The van der Waals surface area contributed by atoms with Crippen molar-refractivity contribution in [1.29, 1.82) is 0 Å². The van der Waals surface area contributed by atoms with Gasteiger partial charge in [0, 0.05) is 11.5 Å². The van der Waals surface area contributed by atoms with E-state index in [0.717, 1.165) is 0 Å². The number of ketones is 1. The Morgan fingerprint density at radius 3 is 2.78 bits per heavy atom. The molecule has 0 saturated heterocycles. The molecule has 0 aliphatic carbocycles. The highest BCUT2D eigenvalue weighted by atomic mass is 35.5. The Kier molecular flexibility index (Phi) is 6.68. The number of rotatable bonds is 0. The van der Waals surface area contributed by atoms with Gasteiger partial charge in [-0.2, -0.15) is 0 Å². The third kappa shape index (κ3) is 5.98. The van der Waals surface area contributed by atoms with Gasteiger partial charge in [0.1, 0.15) is 6.42 Å². The normalized spacial score (nSPS) is 26.3. The van der Waals surface area contributed by atoms with Crippen LogP contribution in [0.2, 0.25) is 0 Å². The predicted molar refractivity (Wildman–Crippen MR) is 68.3 cm³/mol. The molecule has 0 spiro atoms. The number of allylic oxidation sites excluding steroid dienone is 3. The van der Waals surface area contributed by atoms with E-state index in [2.05, 4.69) is 0 Å². The van der Waals surface area contributed by atoms with Crippen LogP contribution in [0, 0.1) is 0 Å². The number of ether oxygens (including phenoxy) is 2. The van der Waals surface area contributed by atoms with Crippen molar-refractivity contribution in [2.45, 2.75) is 26.2 Å². The molecule has 0 fully saturated rings. The van der Waals surface area contributed by atoms with Gasteiger partial charge in [-0.15, -0.1) is 0 Å². The van der Waals surface area contributed by atoms with Gasteiger partial charge < -0.3 is 9.47 Å². The van der Waals surface area contributed by atoms with E-state index in [1.807, 2.05) is 0 Å². The molecule has 4 nitrogen and oxygen atoms in total. The third-order valence-electron chi connectivity index (χ3n) is 2.44. The monoisotopic (exact) mass is 272 g/mol. The van der Waals surface area contributed by atoms with Crippen molar-refractivity contribution in [2.75, 3.05) is 19.8 Å². The van der Waals surface area contributed by atoms with Gasteiger partial charge in [0.25, 0.3) is 0 Å². The zero-order valence-electron chi connectivity index (χ0n) is 10.4. The molecule has 0 aromatic rings.